The Morgan fingerprint density at radius 1 is 1.03 bits per heavy atom. The summed E-state index contributed by atoms with van der Waals surface area (Å²) >= 11 is 0. The molecule has 34 heavy (non-hydrogen) atoms. The molecule has 0 radical (unpaired) electrons. The molecule has 2 heterocycles. The molecule has 2 aliphatic rings. The average Bonchev–Trinajstić information content (AvgIpc) is 2.79. The van der Waals surface area contributed by atoms with Crippen LogP contribution in [-0.4, -0.2) is 66.7 Å². The van der Waals surface area contributed by atoms with Crippen LogP contribution in [0, 0.1) is 0 Å². The van der Waals surface area contributed by atoms with Crippen molar-refractivity contribution in [1.29, 1.82) is 0 Å². The van der Waals surface area contributed by atoms with Crippen molar-refractivity contribution in [2.24, 2.45) is 0 Å². The fraction of sp³-hybridized carbons (Fsp3) is 0.423. The number of ether oxygens (including phenoxy) is 3. The van der Waals surface area contributed by atoms with Crippen LogP contribution in [0.3, 0.4) is 0 Å². The molecule has 0 spiro atoms. The van der Waals surface area contributed by atoms with E-state index in [1.165, 1.54) is 24.0 Å². The Labute approximate surface area is 200 Å². The summed E-state index contributed by atoms with van der Waals surface area (Å²) in [7, 11) is 4.37. The summed E-state index contributed by atoms with van der Waals surface area (Å²) in [6, 6.07) is 12.9. The van der Waals surface area contributed by atoms with Crippen molar-refractivity contribution in [3.63, 3.8) is 0 Å². The van der Waals surface area contributed by atoms with Crippen molar-refractivity contribution in [1.82, 2.24) is 9.80 Å². The minimum absolute atomic E-state index is 0.229. The lowest BCUT2D eigenvalue weighted by Crippen LogP contribution is -2.55. The zero-order valence-corrected chi connectivity index (χ0v) is 20.5. The smallest absolute Gasteiger partial charge is 0.410 e. The van der Waals surface area contributed by atoms with Crippen molar-refractivity contribution in [2.75, 3.05) is 21.2 Å². The van der Waals surface area contributed by atoms with E-state index in [-0.39, 0.29) is 12.8 Å². The maximum Gasteiger partial charge on any atom is 0.410 e. The summed E-state index contributed by atoms with van der Waals surface area (Å²) in [5, 5.41) is 0. The molecule has 2 aromatic carbocycles. The van der Waals surface area contributed by atoms with E-state index in [9.17, 15) is 14.4 Å². The van der Waals surface area contributed by atoms with Gasteiger partial charge in [-0.3, -0.25) is 9.69 Å². The highest BCUT2D eigenvalue weighted by molar-refractivity contribution is 5.90. The molecular formula is C26H32N2O6. The van der Waals surface area contributed by atoms with Gasteiger partial charge in [0.1, 0.15) is 29.2 Å². The summed E-state index contributed by atoms with van der Waals surface area (Å²) in [6.07, 6.45) is -0.159. The Balaban J connectivity index is 2.05. The Hall–Kier alpha value is -3.55. The van der Waals surface area contributed by atoms with Gasteiger partial charge in [-0.25, -0.2) is 9.59 Å². The molecule has 0 aromatic heterocycles. The standard InChI is InChI=1S/C26H32N2O6/c1-26(2,3)34-25(31)28(5)21-15-17-10-12-19(13-11-17)33-20-9-7-8-18(14-20)16-22(24(30)32-6)27(4)23(21)29/h7-14,21-22H,15-16H2,1-6H3/t21-,22-/m0/s1. The molecule has 0 aliphatic carbocycles. The molecule has 4 bridgehead atoms. The summed E-state index contributed by atoms with van der Waals surface area (Å²) < 4.78 is 16.5. The number of hydrogen-bond donors (Lipinski definition) is 0. The van der Waals surface area contributed by atoms with Gasteiger partial charge in [0, 0.05) is 26.9 Å². The van der Waals surface area contributed by atoms with E-state index >= 15 is 0 Å². The molecule has 2 atom stereocenters. The van der Waals surface area contributed by atoms with Gasteiger partial charge in [0.15, 0.2) is 0 Å². The minimum atomic E-state index is -0.895. The molecule has 182 valence electrons. The number of nitrogens with zero attached hydrogens (tertiary/aromatic N) is 2. The molecule has 0 fully saturated rings. The summed E-state index contributed by atoms with van der Waals surface area (Å²) in [5.41, 5.74) is 0.911. The van der Waals surface area contributed by atoms with Crippen LogP contribution < -0.4 is 4.74 Å². The Bertz CT molecular complexity index is 1040. The van der Waals surface area contributed by atoms with Gasteiger partial charge < -0.3 is 19.1 Å². The van der Waals surface area contributed by atoms with E-state index in [1.54, 1.807) is 27.8 Å². The zero-order valence-electron chi connectivity index (χ0n) is 20.5. The first-order valence-corrected chi connectivity index (χ1v) is 11.1. The number of methoxy groups -OCH3 is 1. The molecule has 2 aliphatic heterocycles. The van der Waals surface area contributed by atoms with Crippen LogP contribution in [0.15, 0.2) is 48.5 Å². The van der Waals surface area contributed by atoms with Gasteiger partial charge in [0.25, 0.3) is 0 Å². The summed E-state index contributed by atoms with van der Waals surface area (Å²) in [6.45, 7) is 5.29. The quantitative estimate of drug-likeness (QED) is 0.623. The minimum Gasteiger partial charge on any atom is -0.467 e. The second-order valence-electron chi connectivity index (χ2n) is 9.40. The lowest BCUT2D eigenvalue weighted by Gasteiger charge is -2.35. The normalized spacial score (nSPS) is 18.5. The van der Waals surface area contributed by atoms with Crippen LogP contribution >= 0.6 is 0 Å². The number of carbonyl (C=O) groups is 3. The molecular weight excluding hydrogens is 436 g/mol. The van der Waals surface area contributed by atoms with Crippen LogP contribution in [0.2, 0.25) is 0 Å². The number of fused-ring (bicyclic) bond motifs is 7. The second kappa shape index (κ2) is 10.2. The molecule has 2 aromatic rings. The first-order chi connectivity index (χ1) is 16.0. The van der Waals surface area contributed by atoms with Gasteiger partial charge in [-0.2, -0.15) is 0 Å². The van der Waals surface area contributed by atoms with Gasteiger partial charge >= 0.3 is 12.1 Å². The maximum atomic E-state index is 13.7. The van der Waals surface area contributed by atoms with Crippen molar-refractivity contribution in [3.8, 4) is 11.5 Å². The lowest BCUT2D eigenvalue weighted by molar-refractivity contribution is -0.153. The topological polar surface area (TPSA) is 85.4 Å². The van der Waals surface area contributed by atoms with Crippen LogP contribution in [0.1, 0.15) is 31.9 Å². The van der Waals surface area contributed by atoms with E-state index < -0.39 is 35.7 Å². The van der Waals surface area contributed by atoms with Crippen LogP contribution in [-0.2, 0) is 31.9 Å². The van der Waals surface area contributed by atoms with Gasteiger partial charge in [-0.15, -0.1) is 0 Å². The summed E-state index contributed by atoms with van der Waals surface area (Å²) in [5.74, 6) is 0.332. The van der Waals surface area contributed by atoms with Gasteiger partial charge in [0.05, 0.1) is 7.11 Å². The van der Waals surface area contributed by atoms with E-state index in [2.05, 4.69) is 0 Å². The van der Waals surface area contributed by atoms with E-state index in [0.29, 0.717) is 11.5 Å². The molecule has 8 heteroatoms. The Morgan fingerprint density at radius 2 is 1.71 bits per heavy atom. The summed E-state index contributed by atoms with van der Waals surface area (Å²) in [4.78, 5) is 41.9. The highest BCUT2D eigenvalue weighted by Gasteiger charge is 2.37. The Kier molecular flexibility index (Phi) is 7.49. The van der Waals surface area contributed by atoms with Crippen LogP contribution in [0.4, 0.5) is 4.79 Å². The predicted molar refractivity (Wildman–Crippen MR) is 127 cm³/mol. The third-order valence-electron chi connectivity index (χ3n) is 5.64. The molecule has 0 saturated heterocycles. The molecule has 0 N–H and O–H groups in total. The second-order valence-corrected chi connectivity index (χ2v) is 9.40. The largest absolute Gasteiger partial charge is 0.467 e. The third-order valence-corrected chi connectivity index (χ3v) is 5.64. The Morgan fingerprint density at radius 3 is 2.32 bits per heavy atom. The third kappa shape index (κ3) is 6.07. The number of benzene rings is 2. The van der Waals surface area contributed by atoms with Crippen molar-refractivity contribution in [2.45, 2.75) is 51.3 Å². The van der Waals surface area contributed by atoms with Crippen molar-refractivity contribution < 1.29 is 28.6 Å². The average molecular weight is 469 g/mol. The van der Waals surface area contributed by atoms with E-state index in [4.69, 9.17) is 14.2 Å². The van der Waals surface area contributed by atoms with Crippen LogP contribution in [0.25, 0.3) is 0 Å². The molecule has 2 amide bonds. The fourth-order valence-electron chi connectivity index (χ4n) is 3.77. The number of hydrogen-bond acceptors (Lipinski definition) is 6. The lowest BCUT2D eigenvalue weighted by atomic mass is 10.00. The zero-order chi connectivity index (χ0) is 25.0. The highest BCUT2D eigenvalue weighted by Crippen LogP contribution is 2.26. The number of likely N-dealkylation sites (N-methyl/N-ethyl adjacent to an activating group) is 2. The molecule has 0 unspecified atom stereocenters. The number of carbonyl (C=O) groups excluding carboxylic acids is 3. The molecule has 0 saturated carbocycles. The SMILES string of the molecule is COC(=O)[C@@H]1Cc2cccc(c2)Oc2ccc(cc2)C[C@H](N(C)C(=O)OC(C)(C)C)C(=O)N1C. The first-order valence-electron chi connectivity index (χ1n) is 11.1. The molecule has 8 nitrogen and oxygen atoms in total. The van der Waals surface area contributed by atoms with Crippen molar-refractivity contribution >= 4 is 18.0 Å². The maximum absolute atomic E-state index is 13.7. The predicted octanol–water partition coefficient (Wildman–Crippen LogP) is 3.81. The van der Waals surface area contributed by atoms with E-state index in [1.807, 2.05) is 48.5 Å². The van der Waals surface area contributed by atoms with Crippen LogP contribution in [0.5, 0.6) is 11.5 Å². The first kappa shape index (κ1) is 25.1. The van der Waals surface area contributed by atoms with E-state index in [0.717, 1.165) is 11.1 Å². The van der Waals surface area contributed by atoms with Gasteiger partial charge in [-0.1, -0.05) is 24.3 Å². The van der Waals surface area contributed by atoms with Crippen molar-refractivity contribution in [3.05, 3.63) is 59.7 Å². The fourth-order valence-corrected chi connectivity index (χ4v) is 3.77. The highest BCUT2D eigenvalue weighted by atomic mass is 16.6. The number of amides is 2. The van der Waals surface area contributed by atoms with Gasteiger partial charge in [-0.05, 0) is 56.2 Å². The molecule has 4 rings (SSSR count). The number of rotatable bonds is 2. The monoisotopic (exact) mass is 468 g/mol. The van der Waals surface area contributed by atoms with Gasteiger partial charge in [0.2, 0.25) is 5.91 Å². The number of esters is 1.